The van der Waals surface area contributed by atoms with E-state index in [1.165, 1.54) is 44.9 Å². The quantitative estimate of drug-likeness (QED) is 0.433. The van der Waals surface area contributed by atoms with Gasteiger partial charge < -0.3 is 19.9 Å². The molecule has 1 saturated carbocycles. The minimum absolute atomic E-state index is 0.0226. The number of carboxylic acid groups (broad SMARTS) is 1. The van der Waals surface area contributed by atoms with E-state index in [0.29, 0.717) is 6.54 Å². The molecule has 2 N–H and O–H groups in total. The van der Waals surface area contributed by atoms with Gasteiger partial charge >= 0.3 is 12.0 Å². The monoisotopic (exact) mass is 496 g/mol. The van der Waals surface area contributed by atoms with Crippen molar-refractivity contribution in [3.8, 4) is 0 Å². The number of nitrogens with zero attached hydrogens (tertiary/aromatic N) is 1. The number of ether oxygens (including phenoxy) is 2. The molecule has 5 atom stereocenters. The molecule has 36 heavy (non-hydrogen) atoms. The summed E-state index contributed by atoms with van der Waals surface area (Å²) in [4.78, 5) is 25.9. The summed E-state index contributed by atoms with van der Waals surface area (Å²) < 4.78 is 12.3. The van der Waals surface area contributed by atoms with E-state index in [-0.39, 0.29) is 42.7 Å². The fraction of sp³-hybridized carbons (Fsp3) is 0.655. The number of rotatable bonds is 10. The standard InChI is InChI=1S/C29H40N2O5/c32-26(33)19-22-11-6-10-21(17-22)18-23-24-12-13-25(36-24)27(23)28-31(15-16-35-28)29(34)30-14-5-4-9-20-7-2-1-3-8-20/h6,10-11,15-17,20,23-25,27-28H,1-5,7-9,12-14,18-19H2,(H,30,34)(H,32,33)/t23-,24-,25+,27-,28?/m0/s1. The number of hydrogen-bond acceptors (Lipinski definition) is 4. The van der Waals surface area contributed by atoms with Crippen LogP contribution in [0, 0.1) is 17.8 Å². The smallest absolute Gasteiger partial charge is 0.324 e. The molecule has 0 spiro atoms. The van der Waals surface area contributed by atoms with E-state index in [4.69, 9.17) is 14.6 Å². The molecule has 2 amide bonds. The summed E-state index contributed by atoms with van der Waals surface area (Å²) in [5.41, 5.74) is 1.92. The van der Waals surface area contributed by atoms with Gasteiger partial charge in [-0.1, -0.05) is 69.2 Å². The van der Waals surface area contributed by atoms with E-state index in [1.54, 1.807) is 17.4 Å². The van der Waals surface area contributed by atoms with Crippen LogP contribution >= 0.6 is 0 Å². The first-order valence-electron chi connectivity index (χ1n) is 13.9. The molecule has 7 heteroatoms. The van der Waals surface area contributed by atoms with Gasteiger partial charge in [-0.3, -0.25) is 9.69 Å². The SMILES string of the molecule is O=C(O)Cc1cccc(C[C@@H]2[C@H](C3OC=CN3C(=O)NCCCCC3CCCCC3)[C@H]3CC[C@@H]2O3)c1. The molecule has 5 rings (SSSR count). The maximum atomic E-state index is 13.1. The zero-order chi connectivity index (χ0) is 24.9. The van der Waals surface area contributed by atoms with Crippen LogP contribution in [0.5, 0.6) is 0 Å². The van der Waals surface area contributed by atoms with Crippen LogP contribution in [0.1, 0.15) is 75.3 Å². The van der Waals surface area contributed by atoms with Gasteiger partial charge in [0.1, 0.15) is 6.26 Å². The highest BCUT2D eigenvalue weighted by atomic mass is 16.5. The maximum absolute atomic E-state index is 13.1. The molecule has 3 heterocycles. The number of carbonyl (C=O) groups excluding carboxylic acids is 1. The second-order valence-electron chi connectivity index (χ2n) is 11.1. The third-order valence-electron chi connectivity index (χ3n) is 8.62. The number of unbranched alkanes of at least 4 members (excludes halogenated alkanes) is 1. The summed E-state index contributed by atoms with van der Waals surface area (Å²) in [7, 11) is 0. The molecule has 4 aliphatic rings. The van der Waals surface area contributed by atoms with Crippen molar-refractivity contribution in [1.29, 1.82) is 0 Å². The van der Waals surface area contributed by atoms with Crippen molar-refractivity contribution in [2.45, 2.75) is 95.5 Å². The van der Waals surface area contributed by atoms with Crippen LogP contribution in [0.25, 0.3) is 0 Å². The lowest BCUT2D eigenvalue weighted by Crippen LogP contribution is -2.49. The van der Waals surface area contributed by atoms with Crippen LogP contribution in [-0.4, -0.2) is 47.0 Å². The molecule has 2 bridgehead atoms. The van der Waals surface area contributed by atoms with Gasteiger partial charge in [-0.05, 0) is 48.6 Å². The molecule has 1 unspecified atom stereocenters. The first-order chi connectivity index (χ1) is 17.6. The first-order valence-corrected chi connectivity index (χ1v) is 13.9. The predicted molar refractivity (Wildman–Crippen MR) is 136 cm³/mol. The lowest BCUT2D eigenvalue weighted by atomic mass is 9.75. The van der Waals surface area contributed by atoms with E-state index >= 15 is 0 Å². The minimum atomic E-state index is -0.825. The van der Waals surface area contributed by atoms with Gasteiger partial charge in [0, 0.05) is 18.7 Å². The van der Waals surface area contributed by atoms with Crippen molar-refractivity contribution in [2.75, 3.05) is 6.54 Å². The predicted octanol–water partition coefficient (Wildman–Crippen LogP) is 5.24. The fourth-order valence-electron chi connectivity index (χ4n) is 6.90. The summed E-state index contributed by atoms with van der Waals surface area (Å²) in [6.45, 7) is 0.690. The zero-order valence-electron chi connectivity index (χ0n) is 21.1. The van der Waals surface area contributed by atoms with Crippen molar-refractivity contribution in [3.05, 3.63) is 47.9 Å². The Bertz CT molecular complexity index is 943. The van der Waals surface area contributed by atoms with Crippen molar-refractivity contribution >= 4 is 12.0 Å². The van der Waals surface area contributed by atoms with Crippen molar-refractivity contribution in [3.63, 3.8) is 0 Å². The Kier molecular flexibility index (Phi) is 8.15. The Labute approximate surface area is 214 Å². The number of benzene rings is 1. The number of aliphatic carboxylic acids is 1. The highest BCUT2D eigenvalue weighted by Crippen LogP contribution is 2.48. The molecule has 0 radical (unpaired) electrons. The molecular formula is C29H40N2O5. The normalized spacial score (nSPS) is 29.4. The zero-order valence-corrected chi connectivity index (χ0v) is 21.1. The molecule has 3 fully saturated rings. The molecule has 1 aliphatic carbocycles. The van der Waals surface area contributed by atoms with Gasteiger partial charge in [0.05, 0.1) is 18.6 Å². The second kappa shape index (κ2) is 11.7. The van der Waals surface area contributed by atoms with Gasteiger partial charge in [0.2, 0.25) is 0 Å². The molecular weight excluding hydrogens is 456 g/mol. The summed E-state index contributed by atoms with van der Waals surface area (Å²) in [6.07, 6.45) is 16.4. The topological polar surface area (TPSA) is 88.1 Å². The largest absolute Gasteiger partial charge is 0.481 e. The Morgan fingerprint density at radius 2 is 1.83 bits per heavy atom. The molecule has 2 saturated heterocycles. The van der Waals surface area contributed by atoms with Crippen LogP contribution in [-0.2, 0) is 27.1 Å². The number of nitrogens with one attached hydrogen (secondary N) is 1. The Morgan fingerprint density at radius 3 is 2.67 bits per heavy atom. The third-order valence-corrected chi connectivity index (χ3v) is 8.62. The van der Waals surface area contributed by atoms with Crippen molar-refractivity contribution in [1.82, 2.24) is 10.2 Å². The Balaban J connectivity index is 1.16. The van der Waals surface area contributed by atoms with Crippen LogP contribution in [0.15, 0.2) is 36.7 Å². The van der Waals surface area contributed by atoms with Gasteiger partial charge in [-0.25, -0.2) is 4.79 Å². The number of fused-ring (bicyclic) bond motifs is 2. The Hall–Kier alpha value is -2.54. The second-order valence-corrected chi connectivity index (χ2v) is 11.1. The average Bonchev–Trinajstić information content (AvgIpc) is 3.61. The molecule has 196 valence electrons. The minimum Gasteiger partial charge on any atom is -0.481 e. The van der Waals surface area contributed by atoms with Crippen LogP contribution in [0.4, 0.5) is 4.79 Å². The van der Waals surface area contributed by atoms with E-state index in [2.05, 4.69) is 11.4 Å². The van der Waals surface area contributed by atoms with Crippen molar-refractivity contribution < 1.29 is 24.2 Å². The molecule has 1 aromatic rings. The van der Waals surface area contributed by atoms with Gasteiger partial charge in [-0.2, -0.15) is 0 Å². The van der Waals surface area contributed by atoms with Gasteiger partial charge in [0.15, 0.2) is 6.23 Å². The van der Waals surface area contributed by atoms with E-state index in [0.717, 1.165) is 42.7 Å². The maximum Gasteiger partial charge on any atom is 0.324 e. The summed E-state index contributed by atoms with van der Waals surface area (Å²) >= 11 is 0. The van der Waals surface area contributed by atoms with E-state index < -0.39 is 5.97 Å². The highest BCUT2D eigenvalue weighted by Gasteiger charge is 2.54. The number of urea groups is 1. The third kappa shape index (κ3) is 5.88. The number of hydrogen-bond donors (Lipinski definition) is 2. The Morgan fingerprint density at radius 1 is 1.03 bits per heavy atom. The molecule has 1 aromatic carbocycles. The van der Waals surface area contributed by atoms with Gasteiger partial charge in [-0.15, -0.1) is 0 Å². The lowest BCUT2D eigenvalue weighted by molar-refractivity contribution is -0.136. The summed E-state index contributed by atoms with van der Waals surface area (Å²) in [5, 5.41) is 12.3. The molecule has 0 aromatic heterocycles. The number of carboxylic acids is 1. The lowest BCUT2D eigenvalue weighted by Gasteiger charge is -2.35. The van der Waals surface area contributed by atoms with Crippen LogP contribution in [0.2, 0.25) is 0 Å². The van der Waals surface area contributed by atoms with Crippen LogP contribution < -0.4 is 5.32 Å². The van der Waals surface area contributed by atoms with Gasteiger partial charge in [0.25, 0.3) is 0 Å². The van der Waals surface area contributed by atoms with Crippen molar-refractivity contribution in [2.24, 2.45) is 17.8 Å². The summed E-state index contributed by atoms with van der Waals surface area (Å²) in [5.74, 6) is 0.362. The average molecular weight is 497 g/mol. The molecule has 3 aliphatic heterocycles. The van der Waals surface area contributed by atoms with Crippen LogP contribution in [0.3, 0.4) is 0 Å². The summed E-state index contributed by atoms with van der Waals surface area (Å²) in [6, 6.07) is 7.73. The fourth-order valence-corrected chi connectivity index (χ4v) is 6.90. The number of amides is 2. The van der Waals surface area contributed by atoms with E-state index in [1.807, 2.05) is 18.2 Å². The first kappa shape index (κ1) is 25.1. The molecule has 7 nitrogen and oxygen atoms in total. The highest BCUT2D eigenvalue weighted by molar-refractivity contribution is 5.75. The van der Waals surface area contributed by atoms with E-state index in [9.17, 15) is 9.59 Å². The number of carbonyl (C=O) groups is 2.